The molecule has 226 valence electrons. The van der Waals surface area contributed by atoms with Gasteiger partial charge in [0.1, 0.15) is 18.9 Å². The molecule has 0 saturated carbocycles. The number of aliphatic hydroxyl groups excluding tert-OH is 1. The molecule has 0 bridgehead atoms. The first-order chi connectivity index (χ1) is 20.5. The SMILES string of the molecule is C[C@@H](O)[C@H]1C(=O)N2C(C(=O)OCc3ccc([N+](=O)[O-])cc3)=C(S[C@@H]3CCN(C(=O)OCc4ccc([N+](=O)[O-])cc4)C3)C[C@H]12. The molecule has 3 aliphatic rings. The van der Waals surface area contributed by atoms with Crippen molar-refractivity contribution in [2.45, 2.75) is 50.4 Å². The number of aliphatic hydroxyl groups is 1. The number of likely N-dealkylation sites (tertiary alicyclic amines) is 1. The molecule has 2 amide bonds. The molecule has 3 heterocycles. The first-order valence-corrected chi connectivity index (χ1v) is 14.4. The minimum Gasteiger partial charge on any atom is -0.456 e. The van der Waals surface area contributed by atoms with Gasteiger partial charge in [0.25, 0.3) is 11.4 Å². The fourth-order valence-corrected chi connectivity index (χ4v) is 6.84. The number of hydrogen-bond donors (Lipinski definition) is 1. The van der Waals surface area contributed by atoms with Crippen molar-refractivity contribution in [1.29, 1.82) is 0 Å². The highest BCUT2D eigenvalue weighted by atomic mass is 32.2. The number of nitro groups is 2. The molecule has 0 spiro atoms. The van der Waals surface area contributed by atoms with Gasteiger partial charge in [0.2, 0.25) is 5.91 Å². The Morgan fingerprint density at radius 2 is 1.56 bits per heavy atom. The van der Waals surface area contributed by atoms with Crippen LogP contribution in [0.1, 0.15) is 30.9 Å². The molecule has 0 aromatic heterocycles. The van der Waals surface area contributed by atoms with Gasteiger partial charge in [-0.15, -0.1) is 11.8 Å². The van der Waals surface area contributed by atoms with Crippen LogP contribution in [0.5, 0.6) is 0 Å². The summed E-state index contributed by atoms with van der Waals surface area (Å²) in [6, 6.07) is 10.9. The molecule has 0 aliphatic carbocycles. The van der Waals surface area contributed by atoms with Crippen LogP contribution in [0.15, 0.2) is 59.1 Å². The van der Waals surface area contributed by atoms with Gasteiger partial charge in [-0.2, -0.15) is 0 Å². The molecule has 2 fully saturated rings. The van der Waals surface area contributed by atoms with Gasteiger partial charge in [-0.05, 0) is 48.7 Å². The number of carbonyl (C=O) groups excluding carboxylic acids is 3. The number of benzene rings is 2. The lowest BCUT2D eigenvalue weighted by molar-refractivity contribution is -0.385. The van der Waals surface area contributed by atoms with Gasteiger partial charge in [-0.3, -0.25) is 25.0 Å². The Morgan fingerprint density at radius 3 is 2.09 bits per heavy atom. The monoisotopic (exact) mass is 612 g/mol. The minimum atomic E-state index is -0.886. The van der Waals surface area contributed by atoms with Gasteiger partial charge < -0.3 is 24.4 Å². The molecule has 15 heteroatoms. The number of carbonyl (C=O) groups is 3. The molecule has 5 rings (SSSR count). The van der Waals surface area contributed by atoms with E-state index in [1.807, 2.05) is 0 Å². The van der Waals surface area contributed by atoms with E-state index in [-0.39, 0.29) is 47.5 Å². The number of nitrogens with zero attached hydrogens (tertiary/aromatic N) is 4. The van der Waals surface area contributed by atoms with E-state index in [1.165, 1.54) is 72.1 Å². The number of non-ortho nitro benzene ring substituents is 2. The topological polar surface area (TPSA) is 183 Å². The quantitative estimate of drug-likeness (QED) is 0.179. The average Bonchev–Trinajstić information content (AvgIpc) is 3.57. The van der Waals surface area contributed by atoms with E-state index in [9.17, 15) is 39.7 Å². The number of hydrogen-bond acceptors (Lipinski definition) is 11. The Labute approximate surface area is 249 Å². The summed E-state index contributed by atoms with van der Waals surface area (Å²) < 4.78 is 10.9. The van der Waals surface area contributed by atoms with Gasteiger partial charge in [0.05, 0.1) is 27.9 Å². The fourth-order valence-electron chi connectivity index (χ4n) is 5.40. The largest absolute Gasteiger partial charge is 0.456 e. The number of thioether (sulfide) groups is 1. The third-order valence-corrected chi connectivity index (χ3v) is 8.98. The minimum absolute atomic E-state index is 0.0411. The van der Waals surface area contributed by atoms with Crippen LogP contribution >= 0.6 is 11.8 Å². The third kappa shape index (κ3) is 6.32. The highest BCUT2D eigenvalue weighted by molar-refractivity contribution is 8.03. The fraction of sp³-hybridized carbons (Fsp3) is 0.393. The lowest BCUT2D eigenvalue weighted by Crippen LogP contribution is -2.61. The van der Waals surface area contributed by atoms with Crippen LogP contribution < -0.4 is 0 Å². The van der Waals surface area contributed by atoms with Gasteiger partial charge in [0, 0.05) is 53.9 Å². The molecule has 0 unspecified atom stereocenters. The van der Waals surface area contributed by atoms with Crippen molar-refractivity contribution in [2.24, 2.45) is 5.92 Å². The average molecular weight is 613 g/mol. The molecule has 1 N–H and O–H groups in total. The Kier molecular flexibility index (Phi) is 8.64. The highest BCUT2D eigenvalue weighted by Crippen LogP contribution is 2.49. The number of fused-ring (bicyclic) bond motifs is 1. The predicted molar refractivity (Wildman–Crippen MR) is 151 cm³/mol. The van der Waals surface area contributed by atoms with Crippen molar-refractivity contribution in [3.63, 3.8) is 0 Å². The number of nitro benzene ring substituents is 2. The van der Waals surface area contributed by atoms with Crippen LogP contribution in [-0.2, 0) is 32.3 Å². The summed E-state index contributed by atoms with van der Waals surface area (Å²) in [6.45, 7) is 2.11. The molecular weight excluding hydrogens is 584 g/mol. The zero-order valence-corrected chi connectivity index (χ0v) is 23.8. The lowest BCUT2D eigenvalue weighted by atomic mass is 9.83. The molecule has 14 nitrogen and oxygen atoms in total. The van der Waals surface area contributed by atoms with Crippen LogP contribution in [-0.4, -0.2) is 73.2 Å². The van der Waals surface area contributed by atoms with Gasteiger partial charge in [0.15, 0.2) is 0 Å². The highest BCUT2D eigenvalue weighted by Gasteiger charge is 2.57. The van der Waals surface area contributed by atoms with E-state index in [1.54, 1.807) is 4.90 Å². The predicted octanol–water partition coefficient (Wildman–Crippen LogP) is 3.51. The van der Waals surface area contributed by atoms with Crippen LogP contribution in [0.2, 0.25) is 0 Å². The second-order valence-electron chi connectivity index (χ2n) is 10.5. The number of esters is 1. The maximum absolute atomic E-state index is 13.3. The van der Waals surface area contributed by atoms with Crippen molar-refractivity contribution in [1.82, 2.24) is 9.80 Å². The standard InChI is InChI=1S/C28H28N4O10S/c1-16(33)24-22-12-23(25(30(22)26(24)34)27(35)41-14-17-2-6-19(7-3-17)31(37)38)43-21-10-11-29(13-21)28(36)42-15-18-4-8-20(9-5-18)32(39)40/h2-9,16,21-22,24,33H,10-15H2,1H3/t16-,21-,22-,24-/m1/s1. The molecule has 2 aromatic carbocycles. The van der Waals surface area contributed by atoms with E-state index in [2.05, 4.69) is 0 Å². The summed E-state index contributed by atoms with van der Waals surface area (Å²) in [7, 11) is 0. The van der Waals surface area contributed by atoms with E-state index in [4.69, 9.17) is 9.47 Å². The number of rotatable bonds is 10. The Bertz CT molecular complexity index is 1480. The maximum Gasteiger partial charge on any atom is 0.410 e. The normalized spacial score (nSPS) is 21.7. The van der Waals surface area contributed by atoms with Gasteiger partial charge >= 0.3 is 12.1 Å². The van der Waals surface area contributed by atoms with Crippen LogP contribution in [0.3, 0.4) is 0 Å². The third-order valence-electron chi connectivity index (χ3n) is 7.62. The van der Waals surface area contributed by atoms with Crippen LogP contribution in [0.25, 0.3) is 0 Å². The number of amides is 2. The summed E-state index contributed by atoms with van der Waals surface area (Å²) in [5.74, 6) is -1.70. The number of ether oxygens (including phenoxy) is 2. The maximum atomic E-state index is 13.3. The Hall–Kier alpha value is -4.50. The van der Waals surface area contributed by atoms with Gasteiger partial charge in [-0.1, -0.05) is 0 Å². The molecular formula is C28H28N4O10S. The smallest absolute Gasteiger partial charge is 0.410 e. The van der Waals surface area contributed by atoms with Gasteiger partial charge in [-0.25, -0.2) is 9.59 Å². The molecule has 2 aromatic rings. The van der Waals surface area contributed by atoms with E-state index < -0.39 is 33.9 Å². The Morgan fingerprint density at radius 1 is 1.00 bits per heavy atom. The van der Waals surface area contributed by atoms with Crippen molar-refractivity contribution in [2.75, 3.05) is 13.1 Å². The summed E-state index contributed by atoms with van der Waals surface area (Å²) >= 11 is 1.40. The zero-order chi connectivity index (χ0) is 30.8. The molecule has 2 saturated heterocycles. The first kappa shape index (κ1) is 30.0. The second-order valence-corrected chi connectivity index (χ2v) is 11.9. The van der Waals surface area contributed by atoms with Crippen molar-refractivity contribution in [3.05, 3.63) is 90.5 Å². The Balaban J connectivity index is 1.22. The molecule has 3 aliphatic heterocycles. The molecule has 4 atom stereocenters. The summed E-state index contributed by atoms with van der Waals surface area (Å²) in [4.78, 5) is 63.1. The summed E-state index contributed by atoms with van der Waals surface area (Å²) in [6.07, 6.45) is -0.430. The first-order valence-electron chi connectivity index (χ1n) is 13.5. The van der Waals surface area contributed by atoms with Crippen LogP contribution in [0, 0.1) is 26.1 Å². The van der Waals surface area contributed by atoms with Crippen molar-refractivity contribution in [3.8, 4) is 0 Å². The molecule has 0 radical (unpaired) electrons. The zero-order valence-electron chi connectivity index (χ0n) is 23.0. The number of β-lactam (4-membered cyclic amide) rings is 1. The second kappa shape index (κ2) is 12.4. The molecule has 43 heavy (non-hydrogen) atoms. The lowest BCUT2D eigenvalue weighted by Gasteiger charge is -2.44. The van der Waals surface area contributed by atoms with Crippen LogP contribution in [0.4, 0.5) is 16.2 Å². The van der Waals surface area contributed by atoms with E-state index >= 15 is 0 Å². The summed E-state index contributed by atoms with van der Waals surface area (Å²) in [5.41, 5.74) is 1.12. The van der Waals surface area contributed by atoms with Crippen molar-refractivity contribution >= 4 is 41.1 Å². The summed E-state index contributed by atoms with van der Waals surface area (Å²) in [5, 5.41) is 31.8. The van der Waals surface area contributed by atoms with Crippen molar-refractivity contribution < 1.29 is 38.8 Å². The van der Waals surface area contributed by atoms with E-state index in [0.29, 0.717) is 42.0 Å². The van der Waals surface area contributed by atoms with E-state index in [0.717, 1.165) is 0 Å².